The molecule has 0 heterocycles. The number of hydrogen-bond acceptors (Lipinski definition) is 1. The van der Waals surface area contributed by atoms with Crippen LogP contribution in [0.25, 0.3) is 0 Å². The van der Waals surface area contributed by atoms with Crippen LogP contribution in [-0.4, -0.2) is 5.91 Å². The van der Waals surface area contributed by atoms with Gasteiger partial charge >= 0.3 is 0 Å². The molecule has 2 heteroatoms. The van der Waals surface area contributed by atoms with Crippen molar-refractivity contribution in [2.24, 2.45) is 17.6 Å². The molecule has 0 aromatic heterocycles. The van der Waals surface area contributed by atoms with E-state index < -0.39 is 0 Å². The third-order valence-corrected chi connectivity index (χ3v) is 3.28. The molecule has 0 bridgehead atoms. The highest BCUT2D eigenvalue weighted by molar-refractivity contribution is 5.74. The van der Waals surface area contributed by atoms with Gasteiger partial charge in [0.05, 0.1) is 0 Å². The average Bonchev–Trinajstić information content (AvgIpc) is 2.26. The summed E-state index contributed by atoms with van der Waals surface area (Å²) in [6, 6.07) is 8.63. The first kappa shape index (κ1) is 14.7. The quantitative estimate of drug-likeness (QED) is 0.821. The molecule has 1 aromatic carbocycles. The van der Waals surface area contributed by atoms with E-state index in [1.54, 1.807) is 0 Å². The molecule has 2 nitrogen and oxygen atoms in total. The summed E-state index contributed by atoms with van der Waals surface area (Å²) in [6.07, 6.45) is 1.53. The Morgan fingerprint density at radius 1 is 1.11 bits per heavy atom. The fraction of sp³-hybridized carbons (Fsp3) is 0.562. The van der Waals surface area contributed by atoms with E-state index in [1.165, 1.54) is 11.1 Å². The molecule has 100 valence electrons. The van der Waals surface area contributed by atoms with Gasteiger partial charge in [-0.05, 0) is 35.3 Å². The highest BCUT2D eigenvalue weighted by Crippen LogP contribution is 2.28. The zero-order valence-corrected chi connectivity index (χ0v) is 11.9. The van der Waals surface area contributed by atoms with Crippen LogP contribution in [0.2, 0.25) is 0 Å². The first-order valence-corrected chi connectivity index (χ1v) is 6.77. The summed E-state index contributed by atoms with van der Waals surface area (Å²) in [5.41, 5.74) is 7.90. The van der Waals surface area contributed by atoms with Gasteiger partial charge in [-0.25, -0.2) is 0 Å². The van der Waals surface area contributed by atoms with Crippen LogP contribution < -0.4 is 5.73 Å². The second-order valence-corrected chi connectivity index (χ2v) is 5.86. The van der Waals surface area contributed by atoms with Crippen molar-refractivity contribution in [1.82, 2.24) is 0 Å². The molecule has 18 heavy (non-hydrogen) atoms. The smallest absolute Gasteiger partial charge is 0.218 e. The highest BCUT2D eigenvalue weighted by Gasteiger charge is 2.18. The Kier molecular flexibility index (Phi) is 5.39. The van der Waals surface area contributed by atoms with E-state index in [0.717, 1.165) is 6.42 Å². The van der Waals surface area contributed by atoms with E-state index in [0.29, 0.717) is 18.3 Å². The lowest BCUT2D eigenvalue weighted by Crippen LogP contribution is -2.18. The molecule has 1 unspecified atom stereocenters. The minimum absolute atomic E-state index is 0.222. The van der Waals surface area contributed by atoms with Crippen molar-refractivity contribution in [2.45, 2.75) is 46.5 Å². The highest BCUT2D eigenvalue weighted by atomic mass is 16.1. The fourth-order valence-electron chi connectivity index (χ4n) is 2.33. The summed E-state index contributed by atoms with van der Waals surface area (Å²) in [7, 11) is 0. The zero-order chi connectivity index (χ0) is 13.7. The van der Waals surface area contributed by atoms with E-state index in [4.69, 9.17) is 5.73 Å². The molecule has 1 rings (SSSR count). The van der Waals surface area contributed by atoms with Gasteiger partial charge in [0, 0.05) is 6.42 Å². The standard InChI is InChI=1S/C16H25NO/c1-11(2)9-13-5-7-14(8-6-13)15(12(3)4)10-16(17)18/h5-8,11-12,15H,9-10H2,1-4H3,(H2,17,18). The molecular formula is C16H25NO. The first-order valence-electron chi connectivity index (χ1n) is 6.77. The lowest BCUT2D eigenvalue weighted by molar-refractivity contribution is -0.118. The van der Waals surface area contributed by atoms with Gasteiger partial charge in [-0.3, -0.25) is 4.79 Å². The van der Waals surface area contributed by atoms with Crippen molar-refractivity contribution in [3.63, 3.8) is 0 Å². The maximum atomic E-state index is 11.1. The number of carbonyl (C=O) groups excluding carboxylic acids is 1. The Labute approximate surface area is 111 Å². The number of hydrogen-bond donors (Lipinski definition) is 1. The Hall–Kier alpha value is -1.31. The van der Waals surface area contributed by atoms with Crippen LogP contribution >= 0.6 is 0 Å². The number of nitrogens with two attached hydrogens (primary N) is 1. The molecule has 0 spiro atoms. The van der Waals surface area contributed by atoms with Gasteiger partial charge in [0.15, 0.2) is 0 Å². The minimum Gasteiger partial charge on any atom is -0.370 e. The molecule has 0 saturated carbocycles. The fourth-order valence-corrected chi connectivity index (χ4v) is 2.33. The molecule has 1 atom stereocenters. The van der Waals surface area contributed by atoms with Crippen LogP contribution in [0.3, 0.4) is 0 Å². The summed E-state index contributed by atoms with van der Waals surface area (Å²) in [4.78, 5) is 11.1. The zero-order valence-electron chi connectivity index (χ0n) is 11.9. The third kappa shape index (κ3) is 4.52. The Bertz CT molecular complexity index is 379. The van der Waals surface area contributed by atoms with Crippen molar-refractivity contribution in [2.75, 3.05) is 0 Å². The molecular weight excluding hydrogens is 222 g/mol. The van der Waals surface area contributed by atoms with E-state index >= 15 is 0 Å². The van der Waals surface area contributed by atoms with Crippen LogP contribution in [-0.2, 0) is 11.2 Å². The molecule has 1 amide bonds. The van der Waals surface area contributed by atoms with Gasteiger partial charge in [0.1, 0.15) is 0 Å². The first-order chi connectivity index (χ1) is 8.40. The minimum atomic E-state index is -0.222. The molecule has 0 aliphatic rings. The molecule has 0 radical (unpaired) electrons. The van der Waals surface area contributed by atoms with Gasteiger partial charge in [-0.1, -0.05) is 52.0 Å². The normalized spacial score (nSPS) is 13.0. The Morgan fingerprint density at radius 2 is 1.67 bits per heavy atom. The number of benzene rings is 1. The van der Waals surface area contributed by atoms with Crippen LogP contribution in [0, 0.1) is 11.8 Å². The molecule has 2 N–H and O–H groups in total. The Balaban J connectivity index is 2.83. The monoisotopic (exact) mass is 247 g/mol. The van der Waals surface area contributed by atoms with Gasteiger partial charge < -0.3 is 5.73 Å². The second kappa shape index (κ2) is 6.58. The van der Waals surface area contributed by atoms with Crippen molar-refractivity contribution >= 4 is 5.91 Å². The maximum Gasteiger partial charge on any atom is 0.218 e. The lowest BCUT2D eigenvalue weighted by atomic mass is 9.85. The third-order valence-electron chi connectivity index (χ3n) is 3.28. The number of amides is 1. The SMILES string of the molecule is CC(C)Cc1ccc(C(CC(N)=O)C(C)C)cc1. The lowest BCUT2D eigenvalue weighted by Gasteiger charge is -2.20. The van der Waals surface area contributed by atoms with Gasteiger partial charge in [-0.2, -0.15) is 0 Å². The van der Waals surface area contributed by atoms with Gasteiger partial charge in [0.25, 0.3) is 0 Å². The second-order valence-electron chi connectivity index (χ2n) is 5.86. The van der Waals surface area contributed by atoms with E-state index in [1.807, 2.05) is 0 Å². The van der Waals surface area contributed by atoms with Crippen LogP contribution in [0.5, 0.6) is 0 Å². The number of carbonyl (C=O) groups is 1. The predicted octanol–water partition coefficient (Wildman–Crippen LogP) is 3.50. The number of rotatable bonds is 6. The van der Waals surface area contributed by atoms with Crippen molar-refractivity contribution in [1.29, 1.82) is 0 Å². The molecule has 1 aromatic rings. The maximum absolute atomic E-state index is 11.1. The summed E-state index contributed by atoms with van der Waals surface area (Å²) in [5, 5.41) is 0. The van der Waals surface area contributed by atoms with E-state index in [-0.39, 0.29) is 11.8 Å². The average molecular weight is 247 g/mol. The van der Waals surface area contributed by atoms with Crippen LogP contribution in [0.4, 0.5) is 0 Å². The van der Waals surface area contributed by atoms with Crippen molar-refractivity contribution in [3.8, 4) is 0 Å². The summed E-state index contributed by atoms with van der Waals surface area (Å²) >= 11 is 0. The molecule has 0 aliphatic carbocycles. The largest absolute Gasteiger partial charge is 0.370 e. The number of primary amides is 1. The van der Waals surface area contributed by atoms with Crippen molar-refractivity contribution in [3.05, 3.63) is 35.4 Å². The summed E-state index contributed by atoms with van der Waals surface area (Å²) < 4.78 is 0. The van der Waals surface area contributed by atoms with Crippen LogP contribution in [0.15, 0.2) is 24.3 Å². The summed E-state index contributed by atoms with van der Waals surface area (Å²) in [5.74, 6) is 1.10. The van der Waals surface area contributed by atoms with Crippen LogP contribution in [0.1, 0.15) is 51.2 Å². The molecule has 0 fully saturated rings. The molecule has 0 aliphatic heterocycles. The summed E-state index contributed by atoms with van der Waals surface area (Å²) in [6.45, 7) is 8.71. The molecule has 0 saturated heterocycles. The van der Waals surface area contributed by atoms with E-state index in [2.05, 4.69) is 52.0 Å². The van der Waals surface area contributed by atoms with Crippen molar-refractivity contribution < 1.29 is 4.79 Å². The van der Waals surface area contributed by atoms with Gasteiger partial charge in [0.2, 0.25) is 5.91 Å². The van der Waals surface area contributed by atoms with E-state index in [9.17, 15) is 4.79 Å². The topological polar surface area (TPSA) is 43.1 Å². The van der Waals surface area contributed by atoms with Gasteiger partial charge in [-0.15, -0.1) is 0 Å². The predicted molar refractivity (Wildman–Crippen MR) is 76.4 cm³/mol. The Morgan fingerprint density at radius 3 is 2.06 bits per heavy atom.